The normalized spacial score (nSPS) is 17.3. The first-order chi connectivity index (χ1) is 10.0. The van der Waals surface area contributed by atoms with E-state index in [4.69, 9.17) is 0 Å². The topological polar surface area (TPSA) is 60.9 Å². The first-order valence-corrected chi connectivity index (χ1v) is 7.37. The Labute approximate surface area is 125 Å². The van der Waals surface area contributed by atoms with Crippen LogP contribution in [0.4, 0.5) is 0 Å². The molecule has 0 bridgehead atoms. The van der Waals surface area contributed by atoms with E-state index < -0.39 is 6.10 Å². The summed E-state index contributed by atoms with van der Waals surface area (Å²) >= 11 is 0. The largest absolute Gasteiger partial charge is 0.387 e. The first-order valence-electron chi connectivity index (χ1n) is 7.37. The lowest BCUT2D eigenvalue weighted by Gasteiger charge is -2.34. The highest BCUT2D eigenvalue weighted by molar-refractivity contribution is 5.92. The summed E-state index contributed by atoms with van der Waals surface area (Å²) in [6.45, 7) is 4.79. The quantitative estimate of drug-likeness (QED) is 0.879. The lowest BCUT2D eigenvalue weighted by molar-refractivity contribution is -0.151. The number of amides is 2. The average Bonchev–Trinajstić information content (AvgIpc) is 2.50. The molecule has 1 aromatic rings. The molecule has 1 heterocycles. The lowest BCUT2D eigenvalue weighted by atomic mass is 10.0. The SMILES string of the molecule is CCc1ccc(C(O)CN2CC(=O)N(CC)CC2=O)cc1. The Morgan fingerprint density at radius 2 is 1.62 bits per heavy atom. The van der Waals surface area contributed by atoms with Gasteiger partial charge in [-0.15, -0.1) is 0 Å². The van der Waals surface area contributed by atoms with Crippen molar-refractivity contribution < 1.29 is 14.7 Å². The third-order valence-corrected chi connectivity index (χ3v) is 3.91. The van der Waals surface area contributed by atoms with Crippen LogP contribution in [0.2, 0.25) is 0 Å². The van der Waals surface area contributed by atoms with E-state index in [-0.39, 0.29) is 31.4 Å². The van der Waals surface area contributed by atoms with Crippen molar-refractivity contribution in [1.82, 2.24) is 9.80 Å². The van der Waals surface area contributed by atoms with E-state index in [0.29, 0.717) is 6.54 Å². The van der Waals surface area contributed by atoms with Gasteiger partial charge in [0.05, 0.1) is 25.7 Å². The Hall–Kier alpha value is -1.88. The number of hydrogen-bond acceptors (Lipinski definition) is 3. The molecule has 1 N–H and O–H groups in total. The molecule has 1 aliphatic heterocycles. The summed E-state index contributed by atoms with van der Waals surface area (Å²) in [5.41, 5.74) is 1.97. The van der Waals surface area contributed by atoms with Crippen LogP contribution in [0, 0.1) is 0 Å². The first kappa shape index (κ1) is 15.5. The monoisotopic (exact) mass is 290 g/mol. The third kappa shape index (κ3) is 3.61. The average molecular weight is 290 g/mol. The summed E-state index contributed by atoms with van der Waals surface area (Å²) in [6, 6.07) is 7.69. The number of piperazine rings is 1. The molecule has 2 rings (SSSR count). The molecule has 21 heavy (non-hydrogen) atoms. The van der Waals surface area contributed by atoms with Gasteiger partial charge in [-0.3, -0.25) is 9.59 Å². The Balaban J connectivity index is 2.00. The van der Waals surface area contributed by atoms with Gasteiger partial charge in [-0.1, -0.05) is 31.2 Å². The molecule has 0 radical (unpaired) electrons. The molecule has 0 aromatic heterocycles. The van der Waals surface area contributed by atoms with Crippen LogP contribution < -0.4 is 0 Å². The van der Waals surface area contributed by atoms with Crippen molar-refractivity contribution in [2.45, 2.75) is 26.4 Å². The number of aryl methyl sites for hydroxylation is 1. The Kier molecular flexibility index (Phi) is 4.96. The Morgan fingerprint density at radius 3 is 2.19 bits per heavy atom. The van der Waals surface area contributed by atoms with Crippen LogP contribution in [0.1, 0.15) is 31.1 Å². The number of carbonyl (C=O) groups excluding carboxylic acids is 2. The molecule has 1 unspecified atom stereocenters. The summed E-state index contributed by atoms with van der Waals surface area (Å²) in [4.78, 5) is 26.8. The van der Waals surface area contributed by atoms with Crippen LogP contribution in [0.15, 0.2) is 24.3 Å². The standard InChI is InChI=1S/C16H22N2O3/c1-3-12-5-7-13(8-6-12)14(19)9-18-11-15(20)17(4-2)10-16(18)21/h5-8,14,19H,3-4,9-11H2,1-2H3. The maximum Gasteiger partial charge on any atom is 0.242 e. The molecule has 0 saturated carbocycles. The third-order valence-electron chi connectivity index (χ3n) is 3.91. The zero-order chi connectivity index (χ0) is 15.4. The predicted molar refractivity (Wildman–Crippen MR) is 79.6 cm³/mol. The minimum absolute atomic E-state index is 0.0524. The van der Waals surface area contributed by atoms with Crippen molar-refractivity contribution in [2.24, 2.45) is 0 Å². The van der Waals surface area contributed by atoms with Crippen molar-refractivity contribution in [2.75, 3.05) is 26.2 Å². The van der Waals surface area contributed by atoms with Gasteiger partial charge in [-0.2, -0.15) is 0 Å². The number of benzene rings is 1. The smallest absolute Gasteiger partial charge is 0.242 e. The Morgan fingerprint density at radius 1 is 1.05 bits per heavy atom. The highest BCUT2D eigenvalue weighted by Gasteiger charge is 2.30. The van der Waals surface area contributed by atoms with Gasteiger partial charge in [0, 0.05) is 6.54 Å². The number of aliphatic hydroxyl groups excluding tert-OH is 1. The molecule has 5 heteroatoms. The molecular formula is C16H22N2O3. The van der Waals surface area contributed by atoms with Gasteiger partial charge in [0.2, 0.25) is 11.8 Å². The van der Waals surface area contributed by atoms with Gasteiger partial charge < -0.3 is 14.9 Å². The zero-order valence-corrected chi connectivity index (χ0v) is 12.6. The number of aliphatic hydroxyl groups is 1. The van der Waals surface area contributed by atoms with E-state index in [0.717, 1.165) is 12.0 Å². The van der Waals surface area contributed by atoms with E-state index in [1.807, 2.05) is 31.2 Å². The molecule has 1 atom stereocenters. The highest BCUT2D eigenvalue weighted by atomic mass is 16.3. The highest BCUT2D eigenvalue weighted by Crippen LogP contribution is 2.17. The van der Waals surface area contributed by atoms with Crippen molar-refractivity contribution >= 4 is 11.8 Å². The van der Waals surface area contributed by atoms with Gasteiger partial charge in [0.1, 0.15) is 0 Å². The van der Waals surface area contributed by atoms with Crippen LogP contribution in [-0.2, 0) is 16.0 Å². The molecule has 1 aliphatic rings. The zero-order valence-electron chi connectivity index (χ0n) is 12.6. The molecule has 2 amide bonds. The van der Waals surface area contributed by atoms with E-state index in [1.54, 1.807) is 0 Å². The van der Waals surface area contributed by atoms with E-state index in [9.17, 15) is 14.7 Å². The second-order valence-corrected chi connectivity index (χ2v) is 5.29. The number of likely N-dealkylation sites (N-methyl/N-ethyl adjacent to an activating group) is 1. The number of hydrogen-bond donors (Lipinski definition) is 1. The number of β-amino-alcohol motifs (C(OH)–C–C–N with tert-alkyl or cyclic N) is 1. The molecule has 0 spiro atoms. The summed E-state index contributed by atoms with van der Waals surface area (Å²) in [6.07, 6.45) is 0.184. The van der Waals surface area contributed by atoms with Gasteiger partial charge in [0.15, 0.2) is 0 Å². The number of nitrogens with zero attached hydrogens (tertiary/aromatic N) is 2. The van der Waals surface area contributed by atoms with Crippen LogP contribution >= 0.6 is 0 Å². The molecule has 0 aliphatic carbocycles. The van der Waals surface area contributed by atoms with E-state index in [1.165, 1.54) is 15.4 Å². The van der Waals surface area contributed by atoms with Gasteiger partial charge in [0.25, 0.3) is 0 Å². The van der Waals surface area contributed by atoms with Crippen molar-refractivity contribution in [1.29, 1.82) is 0 Å². The van der Waals surface area contributed by atoms with Crippen LogP contribution in [-0.4, -0.2) is 52.9 Å². The minimum Gasteiger partial charge on any atom is -0.387 e. The van der Waals surface area contributed by atoms with Crippen LogP contribution in [0.5, 0.6) is 0 Å². The van der Waals surface area contributed by atoms with Crippen LogP contribution in [0.3, 0.4) is 0 Å². The molecule has 1 saturated heterocycles. The summed E-state index contributed by atoms with van der Waals surface area (Å²) in [5, 5.41) is 10.2. The van der Waals surface area contributed by atoms with Gasteiger partial charge in [-0.25, -0.2) is 0 Å². The number of carbonyl (C=O) groups is 2. The minimum atomic E-state index is -0.763. The van der Waals surface area contributed by atoms with Gasteiger partial charge in [-0.05, 0) is 24.5 Å². The fourth-order valence-electron chi connectivity index (χ4n) is 2.45. The van der Waals surface area contributed by atoms with Gasteiger partial charge >= 0.3 is 0 Å². The van der Waals surface area contributed by atoms with E-state index >= 15 is 0 Å². The van der Waals surface area contributed by atoms with Crippen molar-refractivity contribution in [3.8, 4) is 0 Å². The maximum atomic E-state index is 12.0. The lowest BCUT2D eigenvalue weighted by Crippen LogP contribution is -2.54. The second kappa shape index (κ2) is 6.72. The molecule has 1 aromatic carbocycles. The van der Waals surface area contributed by atoms with Crippen LogP contribution in [0.25, 0.3) is 0 Å². The summed E-state index contributed by atoms with van der Waals surface area (Å²) in [7, 11) is 0. The molecule has 5 nitrogen and oxygen atoms in total. The maximum absolute atomic E-state index is 12.0. The predicted octanol–water partition coefficient (Wildman–Crippen LogP) is 0.973. The fourth-order valence-corrected chi connectivity index (χ4v) is 2.45. The molecule has 1 fully saturated rings. The number of rotatable bonds is 5. The Bertz CT molecular complexity index is 513. The fraction of sp³-hybridized carbons (Fsp3) is 0.500. The van der Waals surface area contributed by atoms with Crippen molar-refractivity contribution in [3.05, 3.63) is 35.4 Å². The summed E-state index contributed by atoms with van der Waals surface area (Å²) in [5.74, 6) is -0.175. The summed E-state index contributed by atoms with van der Waals surface area (Å²) < 4.78 is 0. The second-order valence-electron chi connectivity index (χ2n) is 5.29. The molecular weight excluding hydrogens is 268 g/mol. The van der Waals surface area contributed by atoms with Crippen molar-refractivity contribution in [3.63, 3.8) is 0 Å². The molecule has 114 valence electrons. The van der Waals surface area contributed by atoms with E-state index in [2.05, 4.69) is 6.92 Å².